The van der Waals surface area contributed by atoms with E-state index in [4.69, 9.17) is 0 Å². The second-order valence-corrected chi connectivity index (χ2v) is 5.51. The van der Waals surface area contributed by atoms with E-state index >= 15 is 0 Å². The molecule has 1 saturated heterocycles. The highest BCUT2D eigenvalue weighted by Gasteiger charge is 2.35. The molecule has 1 aromatic heterocycles. The van der Waals surface area contributed by atoms with Gasteiger partial charge >= 0.3 is 0 Å². The summed E-state index contributed by atoms with van der Waals surface area (Å²) in [4.78, 5) is 6.96. The maximum Gasteiger partial charge on any atom is 0.112 e. The van der Waals surface area contributed by atoms with Gasteiger partial charge in [0, 0.05) is 30.7 Å². The van der Waals surface area contributed by atoms with Gasteiger partial charge in [0.2, 0.25) is 0 Å². The van der Waals surface area contributed by atoms with Crippen LogP contribution >= 0.6 is 11.3 Å². The van der Waals surface area contributed by atoms with Gasteiger partial charge in [0.15, 0.2) is 0 Å². The van der Waals surface area contributed by atoms with Gasteiger partial charge in [0.1, 0.15) is 5.01 Å². The molecule has 0 radical (unpaired) electrons. The quantitative estimate of drug-likeness (QED) is 0.848. The van der Waals surface area contributed by atoms with Crippen molar-refractivity contribution in [3.8, 4) is 0 Å². The van der Waals surface area contributed by atoms with E-state index in [9.17, 15) is 0 Å². The van der Waals surface area contributed by atoms with E-state index in [1.54, 1.807) is 11.3 Å². The lowest BCUT2D eigenvalue weighted by atomic mass is 10.1. The Morgan fingerprint density at radius 2 is 2.40 bits per heavy atom. The van der Waals surface area contributed by atoms with Gasteiger partial charge in [-0.2, -0.15) is 0 Å². The highest BCUT2D eigenvalue weighted by atomic mass is 32.1. The van der Waals surface area contributed by atoms with Crippen molar-refractivity contribution in [2.24, 2.45) is 0 Å². The molecule has 3 nitrogen and oxygen atoms in total. The van der Waals surface area contributed by atoms with Crippen LogP contribution in [0.1, 0.15) is 25.3 Å². The zero-order valence-electron chi connectivity index (χ0n) is 9.66. The van der Waals surface area contributed by atoms with E-state index in [2.05, 4.69) is 34.4 Å². The van der Waals surface area contributed by atoms with Gasteiger partial charge in [-0.15, -0.1) is 11.3 Å². The maximum absolute atomic E-state index is 4.44. The fraction of sp³-hybridized carbons (Fsp3) is 0.727. The van der Waals surface area contributed by atoms with Gasteiger partial charge < -0.3 is 5.32 Å². The molecule has 1 unspecified atom stereocenters. The Morgan fingerprint density at radius 1 is 1.60 bits per heavy atom. The third-order valence-corrected chi connectivity index (χ3v) is 4.43. The Labute approximate surface area is 95.5 Å². The minimum absolute atomic E-state index is 0.0831. The number of likely N-dealkylation sites (N-methyl/N-ethyl adjacent to an activating group) is 1. The first kappa shape index (κ1) is 11.0. The summed E-state index contributed by atoms with van der Waals surface area (Å²) in [6, 6.07) is 0.643. The normalized spacial score (nSPS) is 23.5. The van der Waals surface area contributed by atoms with Gasteiger partial charge in [-0.25, -0.2) is 4.98 Å². The Kier molecular flexibility index (Phi) is 3.09. The minimum Gasteiger partial charge on any atom is -0.316 e. The average Bonchev–Trinajstić information content (AvgIpc) is 2.89. The molecule has 0 bridgehead atoms. The third-order valence-electron chi connectivity index (χ3n) is 3.34. The molecule has 1 atom stereocenters. The smallest absolute Gasteiger partial charge is 0.112 e. The number of hydrogen-bond acceptors (Lipinski definition) is 4. The topological polar surface area (TPSA) is 28.2 Å². The summed E-state index contributed by atoms with van der Waals surface area (Å²) in [7, 11) is 2.05. The molecule has 1 fully saturated rings. The molecule has 2 rings (SSSR count). The van der Waals surface area contributed by atoms with Crippen LogP contribution < -0.4 is 5.32 Å². The van der Waals surface area contributed by atoms with E-state index in [0.29, 0.717) is 6.04 Å². The van der Waals surface area contributed by atoms with Crippen molar-refractivity contribution in [1.82, 2.24) is 15.2 Å². The lowest BCUT2D eigenvalue weighted by Gasteiger charge is -2.33. The monoisotopic (exact) mass is 225 g/mol. The summed E-state index contributed by atoms with van der Waals surface area (Å²) in [5.41, 5.74) is 0.0831. The number of aromatic nitrogens is 1. The molecule has 0 saturated carbocycles. The summed E-state index contributed by atoms with van der Waals surface area (Å²) in [6.45, 7) is 6.83. The lowest BCUT2D eigenvalue weighted by Crippen LogP contribution is -2.41. The maximum atomic E-state index is 4.44. The molecule has 0 spiro atoms. The van der Waals surface area contributed by atoms with E-state index < -0.39 is 0 Å². The molecule has 15 heavy (non-hydrogen) atoms. The van der Waals surface area contributed by atoms with Crippen LogP contribution in [-0.4, -0.2) is 36.1 Å². The number of nitrogens with one attached hydrogen (secondary N) is 1. The Hall–Kier alpha value is -0.450. The Morgan fingerprint density at radius 3 is 2.93 bits per heavy atom. The number of hydrogen-bond donors (Lipinski definition) is 1. The van der Waals surface area contributed by atoms with E-state index in [-0.39, 0.29) is 5.54 Å². The molecule has 1 aromatic rings. The zero-order chi connectivity index (χ0) is 10.9. The fourth-order valence-electron chi connectivity index (χ4n) is 2.16. The van der Waals surface area contributed by atoms with Crippen molar-refractivity contribution >= 4 is 11.3 Å². The first-order valence-electron chi connectivity index (χ1n) is 5.47. The average molecular weight is 225 g/mol. The molecule has 84 valence electrons. The SMILES string of the molecule is CNC1CCN(C(C)(C)c2nccs2)C1. The Balaban J connectivity index is 2.10. The predicted octanol–water partition coefficient (Wildman–Crippen LogP) is 1.67. The van der Waals surface area contributed by atoms with Crippen LogP contribution in [0.3, 0.4) is 0 Å². The molecule has 0 aromatic carbocycles. The fourth-order valence-corrected chi connectivity index (χ4v) is 2.95. The second kappa shape index (κ2) is 4.20. The zero-order valence-corrected chi connectivity index (χ0v) is 10.5. The Bertz CT molecular complexity index is 308. The largest absolute Gasteiger partial charge is 0.316 e. The molecule has 1 aliphatic rings. The summed E-state index contributed by atoms with van der Waals surface area (Å²) >= 11 is 1.75. The standard InChI is InChI=1S/C11H19N3S/c1-11(2,10-13-5-7-15-10)14-6-4-9(8-14)12-3/h5,7,9,12H,4,6,8H2,1-3H3. The number of thiazole rings is 1. The van der Waals surface area contributed by atoms with E-state index in [1.165, 1.54) is 11.4 Å². The van der Waals surface area contributed by atoms with Crippen LogP contribution in [0.4, 0.5) is 0 Å². The number of rotatable bonds is 3. The molecule has 0 aliphatic carbocycles. The van der Waals surface area contributed by atoms with Crippen molar-refractivity contribution in [2.75, 3.05) is 20.1 Å². The van der Waals surface area contributed by atoms with Crippen LogP contribution in [0.15, 0.2) is 11.6 Å². The van der Waals surface area contributed by atoms with Crippen molar-refractivity contribution < 1.29 is 0 Å². The summed E-state index contributed by atoms with van der Waals surface area (Å²) in [6.07, 6.45) is 3.14. The highest BCUT2D eigenvalue weighted by molar-refractivity contribution is 7.09. The first-order valence-corrected chi connectivity index (χ1v) is 6.35. The lowest BCUT2D eigenvalue weighted by molar-refractivity contribution is 0.151. The highest BCUT2D eigenvalue weighted by Crippen LogP contribution is 2.31. The van der Waals surface area contributed by atoms with Crippen LogP contribution in [-0.2, 0) is 5.54 Å². The number of likely N-dealkylation sites (tertiary alicyclic amines) is 1. The summed E-state index contributed by atoms with van der Waals surface area (Å²) < 4.78 is 0. The first-order chi connectivity index (χ1) is 7.14. The van der Waals surface area contributed by atoms with Gasteiger partial charge in [0.05, 0.1) is 5.54 Å². The van der Waals surface area contributed by atoms with Gasteiger partial charge in [-0.3, -0.25) is 4.90 Å². The van der Waals surface area contributed by atoms with Gasteiger partial charge in [0.25, 0.3) is 0 Å². The third kappa shape index (κ3) is 2.07. The molecule has 2 heterocycles. The molecule has 1 aliphatic heterocycles. The predicted molar refractivity (Wildman–Crippen MR) is 64.2 cm³/mol. The molecular formula is C11H19N3S. The van der Waals surface area contributed by atoms with Crippen LogP contribution in [0.25, 0.3) is 0 Å². The number of nitrogens with zero attached hydrogens (tertiary/aromatic N) is 2. The van der Waals surface area contributed by atoms with Crippen molar-refractivity contribution in [2.45, 2.75) is 31.8 Å². The van der Waals surface area contributed by atoms with Crippen molar-refractivity contribution in [3.05, 3.63) is 16.6 Å². The van der Waals surface area contributed by atoms with Crippen molar-refractivity contribution in [3.63, 3.8) is 0 Å². The van der Waals surface area contributed by atoms with Crippen molar-refractivity contribution in [1.29, 1.82) is 0 Å². The molecule has 1 N–H and O–H groups in total. The minimum atomic E-state index is 0.0831. The summed E-state index contributed by atoms with van der Waals surface area (Å²) in [5, 5.41) is 6.63. The molecule has 0 amide bonds. The summed E-state index contributed by atoms with van der Waals surface area (Å²) in [5.74, 6) is 0. The van der Waals surface area contributed by atoms with Crippen LogP contribution in [0.2, 0.25) is 0 Å². The van der Waals surface area contributed by atoms with Gasteiger partial charge in [-0.05, 0) is 27.3 Å². The van der Waals surface area contributed by atoms with E-state index in [1.807, 2.05) is 13.2 Å². The second-order valence-electron chi connectivity index (χ2n) is 4.62. The molecular weight excluding hydrogens is 206 g/mol. The van der Waals surface area contributed by atoms with Crippen LogP contribution in [0.5, 0.6) is 0 Å². The van der Waals surface area contributed by atoms with Gasteiger partial charge in [-0.1, -0.05) is 0 Å². The van der Waals surface area contributed by atoms with E-state index in [0.717, 1.165) is 13.1 Å². The van der Waals surface area contributed by atoms with Crippen LogP contribution in [0, 0.1) is 0 Å². The molecule has 4 heteroatoms.